The molecule has 0 radical (unpaired) electrons. The van der Waals surface area contributed by atoms with Crippen LogP contribution in [0.5, 0.6) is 0 Å². The first-order chi connectivity index (χ1) is 12.7. The van der Waals surface area contributed by atoms with Gasteiger partial charge in [0.25, 0.3) is 5.91 Å². The zero-order valence-corrected chi connectivity index (χ0v) is 15.0. The van der Waals surface area contributed by atoms with Crippen molar-refractivity contribution >= 4 is 11.6 Å². The van der Waals surface area contributed by atoms with E-state index in [0.717, 1.165) is 31.0 Å². The minimum atomic E-state index is -0.130. The third-order valence-electron chi connectivity index (χ3n) is 4.26. The van der Waals surface area contributed by atoms with Crippen molar-refractivity contribution in [3.05, 3.63) is 66.0 Å². The van der Waals surface area contributed by atoms with Gasteiger partial charge >= 0.3 is 0 Å². The molecule has 0 fully saturated rings. The molecule has 26 heavy (non-hydrogen) atoms. The van der Waals surface area contributed by atoms with Gasteiger partial charge in [0.05, 0.1) is 5.69 Å². The Labute approximate surface area is 152 Å². The summed E-state index contributed by atoms with van der Waals surface area (Å²) in [5.41, 5.74) is 3.39. The summed E-state index contributed by atoms with van der Waals surface area (Å²) in [6.07, 6.45) is 1.52. The molecule has 1 amide bonds. The van der Waals surface area contributed by atoms with Crippen molar-refractivity contribution in [1.82, 2.24) is 25.1 Å². The molecule has 0 bridgehead atoms. The highest BCUT2D eigenvalue weighted by Crippen LogP contribution is 2.14. The first kappa shape index (κ1) is 17.8. The molecule has 3 aromatic rings. The Morgan fingerprint density at radius 1 is 1.04 bits per heavy atom. The molecule has 2 aromatic carbocycles. The molecule has 0 aliphatic rings. The lowest BCUT2D eigenvalue weighted by atomic mass is 10.1. The minimum absolute atomic E-state index is 0.130. The number of aromatic nitrogens is 4. The molecule has 0 unspecified atom stereocenters. The average molecular weight is 350 g/mol. The maximum Gasteiger partial charge on any atom is 0.255 e. The van der Waals surface area contributed by atoms with Gasteiger partial charge in [-0.25, -0.2) is 4.68 Å². The molecule has 1 aromatic heterocycles. The monoisotopic (exact) mass is 350 g/mol. The number of amides is 1. The van der Waals surface area contributed by atoms with E-state index in [1.54, 1.807) is 4.68 Å². The highest BCUT2D eigenvalue weighted by molar-refractivity contribution is 6.04. The molecule has 0 spiro atoms. The fourth-order valence-electron chi connectivity index (χ4n) is 2.65. The first-order valence-corrected chi connectivity index (χ1v) is 8.65. The van der Waals surface area contributed by atoms with E-state index in [9.17, 15) is 4.79 Å². The van der Waals surface area contributed by atoms with Gasteiger partial charge in [0.15, 0.2) is 0 Å². The van der Waals surface area contributed by atoms with Crippen molar-refractivity contribution < 1.29 is 4.79 Å². The summed E-state index contributed by atoms with van der Waals surface area (Å²) >= 11 is 0. The second-order valence-corrected chi connectivity index (χ2v) is 5.91. The smallest absolute Gasteiger partial charge is 0.255 e. The number of rotatable bonds is 7. The van der Waals surface area contributed by atoms with Crippen molar-refractivity contribution in [2.75, 3.05) is 18.4 Å². The Morgan fingerprint density at radius 3 is 2.31 bits per heavy atom. The topological polar surface area (TPSA) is 75.9 Å². The highest BCUT2D eigenvalue weighted by atomic mass is 16.1. The normalized spacial score (nSPS) is 10.9. The zero-order chi connectivity index (χ0) is 18.4. The largest absolute Gasteiger partial charge is 0.322 e. The second-order valence-electron chi connectivity index (χ2n) is 5.91. The number of nitrogens with zero attached hydrogens (tertiary/aromatic N) is 5. The predicted octanol–water partition coefficient (Wildman–Crippen LogP) is 2.76. The molecule has 0 atom stereocenters. The van der Waals surface area contributed by atoms with Crippen molar-refractivity contribution in [1.29, 1.82) is 0 Å². The summed E-state index contributed by atoms with van der Waals surface area (Å²) in [7, 11) is 0. The van der Waals surface area contributed by atoms with Crippen molar-refractivity contribution in [2.45, 2.75) is 20.4 Å². The zero-order valence-electron chi connectivity index (χ0n) is 15.0. The lowest BCUT2D eigenvalue weighted by Gasteiger charge is -2.18. The average Bonchev–Trinajstić information content (AvgIpc) is 3.22. The van der Waals surface area contributed by atoms with Gasteiger partial charge in [-0.2, -0.15) is 0 Å². The number of carbonyl (C=O) groups is 1. The summed E-state index contributed by atoms with van der Waals surface area (Å²) in [6, 6.07) is 15.1. The molecule has 0 saturated carbocycles. The van der Waals surface area contributed by atoms with E-state index in [2.05, 4.69) is 39.6 Å². The van der Waals surface area contributed by atoms with E-state index < -0.39 is 0 Å². The Kier molecular flexibility index (Phi) is 5.70. The van der Waals surface area contributed by atoms with Gasteiger partial charge in [-0.3, -0.25) is 9.69 Å². The van der Waals surface area contributed by atoms with Gasteiger partial charge in [0, 0.05) is 17.8 Å². The summed E-state index contributed by atoms with van der Waals surface area (Å²) in [4.78, 5) is 14.7. The quantitative estimate of drug-likeness (QED) is 0.709. The van der Waals surface area contributed by atoms with Crippen LogP contribution in [0.25, 0.3) is 5.69 Å². The summed E-state index contributed by atoms with van der Waals surface area (Å²) < 4.78 is 1.56. The van der Waals surface area contributed by atoms with Crippen LogP contribution in [0.2, 0.25) is 0 Å². The first-order valence-electron chi connectivity index (χ1n) is 8.65. The number of tetrazole rings is 1. The lowest BCUT2D eigenvalue weighted by molar-refractivity contribution is 0.102. The second kappa shape index (κ2) is 8.35. The molecule has 3 rings (SSSR count). The Morgan fingerprint density at radius 2 is 1.73 bits per heavy atom. The number of anilines is 1. The van der Waals surface area contributed by atoms with E-state index >= 15 is 0 Å². The number of benzene rings is 2. The summed E-state index contributed by atoms with van der Waals surface area (Å²) in [5, 5.41) is 13.9. The molecular formula is C19H22N6O. The molecular weight excluding hydrogens is 328 g/mol. The van der Waals surface area contributed by atoms with E-state index in [0.29, 0.717) is 5.56 Å². The van der Waals surface area contributed by atoms with Crippen molar-refractivity contribution in [3.63, 3.8) is 0 Å². The molecule has 7 heteroatoms. The van der Waals surface area contributed by atoms with Crippen LogP contribution in [0, 0.1) is 0 Å². The van der Waals surface area contributed by atoms with Crippen molar-refractivity contribution in [2.24, 2.45) is 0 Å². The third-order valence-corrected chi connectivity index (χ3v) is 4.26. The molecule has 0 aliphatic heterocycles. The van der Waals surface area contributed by atoms with Crippen LogP contribution in [0.3, 0.4) is 0 Å². The van der Waals surface area contributed by atoms with Crippen LogP contribution in [0.15, 0.2) is 54.9 Å². The van der Waals surface area contributed by atoms with E-state index in [1.165, 1.54) is 11.9 Å². The number of nitrogens with one attached hydrogen (secondary N) is 1. The van der Waals surface area contributed by atoms with Crippen LogP contribution in [0.4, 0.5) is 5.69 Å². The fourth-order valence-corrected chi connectivity index (χ4v) is 2.65. The van der Waals surface area contributed by atoms with Crippen LogP contribution in [-0.2, 0) is 6.54 Å². The Hall–Kier alpha value is -3.06. The van der Waals surface area contributed by atoms with Gasteiger partial charge in [-0.15, -0.1) is 5.10 Å². The molecule has 134 valence electrons. The maximum absolute atomic E-state index is 12.4. The van der Waals surface area contributed by atoms with Gasteiger partial charge in [-0.1, -0.05) is 26.0 Å². The summed E-state index contributed by atoms with van der Waals surface area (Å²) in [6.45, 7) is 7.22. The summed E-state index contributed by atoms with van der Waals surface area (Å²) in [5.74, 6) is -0.130. The van der Waals surface area contributed by atoms with E-state index in [1.807, 2.05) is 48.5 Å². The van der Waals surface area contributed by atoms with E-state index in [4.69, 9.17) is 0 Å². The third kappa shape index (κ3) is 4.31. The van der Waals surface area contributed by atoms with Crippen LogP contribution < -0.4 is 5.32 Å². The van der Waals surface area contributed by atoms with E-state index in [-0.39, 0.29) is 5.91 Å². The maximum atomic E-state index is 12.4. The number of hydrogen-bond donors (Lipinski definition) is 1. The number of hydrogen-bond acceptors (Lipinski definition) is 5. The fraction of sp³-hybridized carbons (Fsp3) is 0.263. The van der Waals surface area contributed by atoms with Gasteiger partial charge in [-0.05, 0) is 65.5 Å². The van der Waals surface area contributed by atoms with Gasteiger partial charge < -0.3 is 5.32 Å². The minimum Gasteiger partial charge on any atom is -0.322 e. The van der Waals surface area contributed by atoms with Gasteiger partial charge in [0.1, 0.15) is 6.33 Å². The standard InChI is InChI=1S/C19H22N6O/c1-3-24(4-2)13-15-5-7-16(8-6-15)19(26)21-17-9-11-18(12-10-17)25-14-20-22-23-25/h5-12,14H,3-4,13H2,1-2H3,(H,21,26). The molecule has 0 aliphatic carbocycles. The van der Waals surface area contributed by atoms with Crippen molar-refractivity contribution in [3.8, 4) is 5.69 Å². The molecule has 1 N–H and O–H groups in total. The highest BCUT2D eigenvalue weighted by Gasteiger charge is 2.08. The van der Waals surface area contributed by atoms with Crippen LogP contribution in [0.1, 0.15) is 29.8 Å². The predicted molar refractivity (Wildman–Crippen MR) is 100 cm³/mol. The molecule has 7 nitrogen and oxygen atoms in total. The Bertz CT molecular complexity index is 823. The molecule has 0 saturated heterocycles. The van der Waals surface area contributed by atoms with Crippen LogP contribution >= 0.6 is 0 Å². The van der Waals surface area contributed by atoms with Gasteiger partial charge in [0.2, 0.25) is 0 Å². The van der Waals surface area contributed by atoms with Crippen LogP contribution in [-0.4, -0.2) is 44.1 Å². The molecule has 1 heterocycles. The lowest BCUT2D eigenvalue weighted by Crippen LogP contribution is -2.22. The number of carbonyl (C=O) groups excluding carboxylic acids is 1. The Balaban J connectivity index is 1.62. The SMILES string of the molecule is CCN(CC)Cc1ccc(C(=O)Nc2ccc(-n3cnnn3)cc2)cc1.